The smallest absolute Gasteiger partial charge is 0.306 e. The Morgan fingerprint density at radius 1 is 0.333 bits per heavy atom. The molecule has 0 aromatic heterocycles. The van der Waals surface area contributed by atoms with Crippen LogP contribution in [0.1, 0.15) is 278 Å². The van der Waals surface area contributed by atoms with Gasteiger partial charge in [-0.1, -0.05) is 226 Å². The summed E-state index contributed by atoms with van der Waals surface area (Å²) >= 11 is 0. The first-order chi connectivity index (χ1) is 28.0. The Kier molecular flexibility index (Phi) is 45.3. The third-order valence-electron chi connectivity index (χ3n) is 11.3. The van der Waals surface area contributed by atoms with Crippen molar-refractivity contribution in [3.05, 3.63) is 12.2 Å². The Morgan fingerprint density at radius 3 is 0.912 bits per heavy atom. The lowest BCUT2D eigenvalue weighted by Crippen LogP contribution is -2.30. The summed E-state index contributed by atoms with van der Waals surface area (Å²) in [6.07, 6.45) is 50.5. The van der Waals surface area contributed by atoms with E-state index in [1.807, 2.05) is 0 Å². The van der Waals surface area contributed by atoms with Gasteiger partial charge in [0.2, 0.25) is 0 Å². The molecule has 0 spiro atoms. The van der Waals surface area contributed by atoms with Crippen LogP contribution in [0.3, 0.4) is 0 Å². The first-order valence-corrected chi connectivity index (χ1v) is 25.2. The molecule has 0 aromatic rings. The largest absolute Gasteiger partial charge is 0.462 e. The van der Waals surface area contributed by atoms with E-state index in [-0.39, 0.29) is 31.1 Å². The fraction of sp³-hybridized carbons (Fsp3) is 0.902. The van der Waals surface area contributed by atoms with E-state index >= 15 is 0 Å². The lowest BCUT2D eigenvalue weighted by molar-refractivity contribution is -0.167. The number of hydrogen-bond donors (Lipinski definition) is 0. The van der Waals surface area contributed by atoms with Crippen LogP contribution in [-0.4, -0.2) is 37.2 Å². The summed E-state index contributed by atoms with van der Waals surface area (Å²) in [6.45, 7) is 6.62. The van der Waals surface area contributed by atoms with Crippen molar-refractivity contribution in [2.24, 2.45) is 0 Å². The van der Waals surface area contributed by atoms with Crippen molar-refractivity contribution in [2.45, 2.75) is 284 Å². The Bertz CT molecular complexity index is 885. The predicted molar refractivity (Wildman–Crippen MR) is 243 cm³/mol. The molecule has 0 rings (SSSR count). The maximum Gasteiger partial charge on any atom is 0.306 e. The average Bonchev–Trinajstić information content (AvgIpc) is 3.21. The van der Waals surface area contributed by atoms with Crippen LogP contribution < -0.4 is 0 Å². The number of ether oxygens (including phenoxy) is 3. The lowest BCUT2D eigenvalue weighted by atomic mass is 10.0. The second-order valence-corrected chi connectivity index (χ2v) is 17.1. The third-order valence-corrected chi connectivity index (χ3v) is 11.3. The minimum Gasteiger partial charge on any atom is -0.462 e. The van der Waals surface area contributed by atoms with E-state index in [2.05, 4.69) is 32.9 Å². The lowest BCUT2D eigenvalue weighted by Gasteiger charge is -2.18. The molecule has 6 nitrogen and oxygen atoms in total. The van der Waals surface area contributed by atoms with E-state index in [1.54, 1.807) is 0 Å². The van der Waals surface area contributed by atoms with Crippen molar-refractivity contribution in [1.82, 2.24) is 0 Å². The Morgan fingerprint density at radius 2 is 0.579 bits per heavy atom. The molecule has 0 N–H and O–H groups in total. The zero-order chi connectivity index (χ0) is 41.5. The normalized spacial score (nSPS) is 12.0. The van der Waals surface area contributed by atoms with Crippen LogP contribution in [0.4, 0.5) is 0 Å². The molecular weight excluding hydrogens is 709 g/mol. The summed E-state index contributed by atoms with van der Waals surface area (Å²) in [4.78, 5) is 37.8. The molecule has 0 saturated carbocycles. The van der Waals surface area contributed by atoms with Gasteiger partial charge in [0.15, 0.2) is 6.10 Å². The summed E-state index contributed by atoms with van der Waals surface area (Å²) in [6, 6.07) is 0. The molecule has 1 atom stereocenters. The molecule has 0 radical (unpaired) electrons. The zero-order valence-electron chi connectivity index (χ0n) is 38.4. The molecule has 0 heterocycles. The Hall–Kier alpha value is -1.85. The molecule has 57 heavy (non-hydrogen) atoms. The minimum absolute atomic E-state index is 0.0684. The van der Waals surface area contributed by atoms with Crippen LogP contribution in [0, 0.1) is 0 Å². The number of carbonyl (C=O) groups is 3. The highest BCUT2D eigenvalue weighted by molar-refractivity contribution is 5.71. The van der Waals surface area contributed by atoms with Crippen molar-refractivity contribution in [3.63, 3.8) is 0 Å². The highest BCUT2D eigenvalue weighted by atomic mass is 16.6. The monoisotopic (exact) mass is 805 g/mol. The van der Waals surface area contributed by atoms with Crippen LogP contribution in [0.5, 0.6) is 0 Å². The second kappa shape index (κ2) is 46.8. The van der Waals surface area contributed by atoms with Crippen LogP contribution in [0.15, 0.2) is 12.2 Å². The van der Waals surface area contributed by atoms with Crippen molar-refractivity contribution in [2.75, 3.05) is 13.2 Å². The summed E-state index contributed by atoms with van der Waals surface area (Å²) < 4.78 is 16.8. The van der Waals surface area contributed by atoms with E-state index in [0.717, 1.165) is 64.2 Å². The molecule has 0 amide bonds. The maximum atomic E-state index is 12.7. The third kappa shape index (κ3) is 45.1. The molecule has 0 fully saturated rings. The van der Waals surface area contributed by atoms with E-state index < -0.39 is 6.10 Å². The predicted octanol–water partition coefficient (Wildman–Crippen LogP) is 16.2. The van der Waals surface area contributed by atoms with Gasteiger partial charge >= 0.3 is 17.9 Å². The number of allylic oxidation sites excluding steroid dienone is 2. The SMILES string of the molecule is CCCCC/C=C\CCCCCCCC(=O)O[C@H](COC(=O)CCCCCCCCCCCC)COC(=O)CCCCCCCCCCCCCCCCCCC. The molecule has 6 heteroatoms. The molecule has 336 valence electrons. The number of esters is 3. The van der Waals surface area contributed by atoms with E-state index in [4.69, 9.17) is 14.2 Å². The zero-order valence-corrected chi connectivity index (χ0v) is 38.4. The molecule has 0 aromatic carbocycles. The molecule has 0 saturated heterocycles. The van der Waals surface area contributed by atoms with Crippen molar-refractivity contribution in [3.8, 4) is 0 Å². The summed E-state index contributed by atoms with van der Waals surface area (Å²) in [7, 11) is 0. The first-order valence-electron chi connectivity index (χ1n) is 25.2. The van der Waals surface area contributed by atoms with Crippen LogP contribution in [-0.2, 0) is 28.6 Å². The van der Waals surface area contributed by atoms with Gasteiger partial charge < -0.3 is 14.2 Å². The van der Waals surface area contributed by atoms with Crippen molar-refractivity contribution >= 4 is 17.9 Å². The van der Waals surface area contributed by atoms with Gasteiger partial charge in [-0.15, -0.1) is 0 Å². The van der Waals surface area contributed by atoms with Crippen LogP contribution in [0.25, 0.3) is 0 Å². The van der Waals surface area contributed by atoms with Crippen molar-refractivity contribution < 1.29 is 28.6 Å². The summed E-state index contributed by atoms with van der Waals surface area (Å²) in [5, 5.41) is 0. The van der Waals surface area contributed by atoms with Gasteiger partial charge in [-0.25, -0.2) is 0 Å². The number of unbranched alkanes of at least 4 members (excludes halogenated alkanes) is 33. The van der Waals surface area contributed by atoms with Crippen LogP contribution >= 0.6 is 0 Å². The number of rotatable bonds is 46. The fourth-order valence-corrected chi connectivity index (χ4v) is 7.44. The molecule has 0 aliphatic rings. The quantitative estimate of drug-likeness (QED) is 0.0264. The Balaban J connectivity index is 4.28. The standard InChI is InChI=1S/C51H96O6/c1-4-7-10-13-16-19-22-24-25-26-27-28-30-32-35-38-41-44-50(53)56-47-48(46-55-49(52)43-40-37-34-31-21-18-15-12-9-6-3)57-51(54)45-42-39-36-33-29-23-20-17-14-11-8-5-2/h17,20,48H,4-16,18-19,21-47H2,1-3H3/b20-17-/t48-/m1/s1. The molecular formula is C51H96O6. The highest BCUT2D eigenvalue weighted by Gasteiger charge is 2.19. The second-order valence-electron chi connectivity index (χ2n) is 17.1. The minimum atomic E-state index is -0.766. The molecule has 0 aliphatic heterocycles. The van der Waals surface area contributed by atoms with Gasteiger partial charge in [0.05, 0.1) is 0 Å². The topological polar surface area (TPSA) is 78.9 Å². The number of hydrogen-bond acceptors (Lipinski definition) is 6. The van der Waals surface area contributed by atoms with Gasteiger partial charge in [0, 0.05) is 19.3 Å². The van der Waals surface area contributed by atoms with Gasteiger partial charge in [0.1, 0.15) is 13.2 Å². The van der Waals surface area contributed by atoms with E-state index in [0.29, 0.717) is 19.3 Å². The Labute approximate surface area is 354 Å². The van der Waals surface area contributed by atoms with E-state index in [1.165, 1.54) is 173 Å². The molecule has 0 aliphatic carbocycles. The van der Waals surface area contributed by atoms with Gasteiger partial charge in [-0.2, -0.15) is 0 Å². The van der Waals surface area contributed by atoms with Gasteiger partial charge in [-0.3, -0.25) is 14.4 Å². The first kappa shape index (κ1) is 55.2. The van der Waals surface area contributed by atoms with Gasteiger partial charge in [-0.05, 0) is 44.9 Å². The van der Waals surface area contributed by atoms with Gasteiger partial charge in [0.25, 0.3) is 0 Å². The van der Waals surface area contributed by atoms with Crippen molar-refractivity contribution in [1.29, 1.82) is 0 Å². The van der Waals surface area contributed by atoms with Crippen LogP contribution in [0.2, 0.25) is 0 Å². The molecule has 0 bridgehead atoms. The maximum absolute atomic E-state index is 12.7. The highest BCUT2D eigenvalue weighted by Crippen LogP contribution is 2.16. The molecule has 0 unspecified atom stereocenters. The average molecular weight is 805 g/mol. The fourth-order valence-electron chi connectivity index (χ4n) is 7.44. The summed E-state index contributed by atoms with van der Waals surface area (Å²) in [5.41, 5.74) is 0. The number of carbonyl (C=O) groups excluding carboxylic acids is 3. The summed E-state index contributed by atoms with van der Waals surface area (Å²) in [5.74, 6) is -0.865. The van der Waals surface area contributed by atoms with E-state index in [9.17, 15) is 14.4 Å².